The number of amides is 2. The second-order valence-corrected chi connectivity index (χ2v) is 9.38. The van der Waals surface area contributed by atoms with Gasteiger partial charge in [0.05, 0.1) is 12.0 Å². The Morgan fingerprint density at radius 3 is 2.38 bits per heavy atom. The topological polar surface area (TPSA) is 93.1 Å². The molecule has 37 heavy (non-hydrogen) atoms. The first kappa shape index (κ1) is 26.4. The van der Waals surface area contributed by atoms with E-state index < -0.39 is 30.1 Å². The molecule has 3 atom stereocenters. The lowest BCUT2D eigenvalue weighted by atomic mass is 9.88. The van der Waals surface area contributed by atoms with Crippen LogP contribution in [0.3, 0.4) is 0 Å². The first-order valence-electron chi connectivity index (χ1n) is 12.8. The fourth-order valence-corrected chi connectivity index (χ4v) is 4.71. The Bertz CT molecular complexity index is 1130. The van der Waals surface area contributed by atoms with Crippen molar-refractivity contribution in [1.82, 2.24) is 4.90 Å². The Morgan fingerprint density at radius 2 is 1.68 bits per heavy atom. The monoisotopic (exact) mass is 503 g/mol. The molecule has 2 aromatic rings. The summed E-state index contributed by atoms with van der Waals surface area (Å²) in [6.45, 7) is 0.271. The standard InChI is InChI=1S/C30H33NO6/c32-18-10-2-1-9-15-25-16-17-27(33)28(37-25)26(20-23-13-7-4-8-14-23)29(34)31-24(21-36-30(31)35)19-22-11-5-3-6-12-22/h3-8,11-17,24,26,28,32H,1-2,9-10,18-21H2/t24-,26-,28-/m1/s1. The predicted molar refractivity (Wildman–Crippen MR) is 138 cm³/mol. The Hall–Kier alpha value is -3.71. The van der Waals surface area contributed by atoms with E-state index in [9.17, 15) is 14.4 Å². The van der Waals surface area contributed by atoms with E-state index in [-0.39, 0.29) is 25.4 Å². The maximum atomic E-state index is 14.0. The number of hydrogen-bond donors (Lipinski definition) is 1. The molecule has 7 nitrogen and oxygen atoms in total. The van der Waals surface area contributed by atoms with Gasteiger partial charge >= 0.3 is 6.09 Å². The van der Waals surface area contributed by atoms with Crippen molar-refractivity contribution in [3.05, 3.63) is 95.8 Å². The van der Waals surface area contributed by atoms with E-state index in [1.165, 1.54) is 11.0 Å². The van der Waals surface area contributed by atoms with Crippen LogP contribution in [0, 0.1) is 5.92 Å². The third-order valence-corrected chi connectivity index (χ3v) is 6.66. The first-order valence-corrected chi connectivity index (χ1v) is 12.8. The molecule has 0 unspecified atom stereocenters. The normalized spacial score (nSPS) is 21.1. The zero-order valence-electron chi connectivity index (χ0n) is 20.8. The Kier molecular flexibility index (Phi) is 9.27. The molecule has 0 radical (unpaired) electrons. The maximum absolute atomic E-state index is 14.0. The molecule has 4 rings (SSSR count). The van der Waals surface area contributed by atoms with Gasteiger partial charge in [-0.1, -0.05) is 67.1 Å². The number of hydrogen-bond acceptors (Lipinski definition) is 6. The summed E-state index contributed by atoms with van der Waals surface area (Å²) in [5.74, 6) is -1.15. The van der Waals surface area contributed by atoms with Crippen molar-refractivity contribution in [1.29, 1.82) is 0 Å². The van der Waals surface area contributed by atoms with E-state index in [1.807, 2.05) is 66.7 Å². The van der Waals surface area contributed by atoms with Crippen LogP contribution in [0.1, 0.15) is 36.8 Å². The molecule has 2 aliphatic heterocycles. The molecule has 0 aromatic heterocycles. The number of unbranched alkanes of at least 4 members (excludes halogenated alkanes) is 3. The second-order valence-electron chi connectivity index (χ2n) is 9.38. The number of aliphatic hydroxyl groups is 1. The van der Waals surface area contributed by atoms with Crippen LogP contribution < -0.4 is 0 Å². The SMILES string of the molecule is O=C1C=CC(=CCCCCCO)O[C@@H]1[C@@H](Cc1ccccc1)C(=O)N1C(=O)OC[C@H]1Cc1ccccc1. The van der Waals surface area contributed by atoms with Gasteiger partial charge in [-0.15, -0.1) is 0 Å². The maximum Gasteiger partial charge on any atom is 0.416 e. The number of allylic oxidation sites excluding steroid dienone is 2. The highest BCUT2D eigenvalue weighted by Crippen LogP contribution is 2.28. The van der Waals surface area contributed by atoms with Crippen molar-refractivity contribution >= 4 is 17.8 Å². The smallest absolute Gasteiger partial charge is 0.416 e. The number of carbonyl (C=O) groups excluding carboxylic acids is 3. The molecule has 1 N–H and O–H groups in total. The van der Waals surface area contributed by atoms with Crippen molar-refractivity contribution < 1.29 is 29.0 Å². The van der Waals surface area contributed by atoms with Gasteiger partial charge < -0.3 is 14.6 Å². The zero-order chi connectivity index (χ0) is 26.0. The van der Waals surface area contributed by atoms with Gasteiger partial charge in [-0.3, -0.25) is 9.59 Å². The number of cyclic esters (lactones) is 1. The van der Waals surface area contributed by atoms with Gasteiger partial charge in [-0.25, -0.2) is 9.69 Å². The minimum absolute atomic E-state index is 0.107. The van der Waals surface area contributed by atoms with E-state index in [4.69, 9.17) is 14.6 Å². The van der Waals surface area contributed by atoms with Gasteiger partial charge in [0, 0.05) is 6.61 Å². The predicted octanol–water partition coefficient (Wildman–Crippen LogP) is 4.40. The summed E-state index contributed by atoms with van der Waals surface area (Å²) in [6.07, 6.45) is 7.19. The first-order chi connectivity index (χ1) is 18.1. The molecule has 0 spiro atoms. The lowest BCUT2D eigenvalue weighted by Gasteiger charge is -2.31. The van der Waals surface area contributed by atoms with Crippen molar-refractivity contribution in [2.24, 2.45) is 5.92 Å². The van der Waals surface area contributed by atoms with Crippen LogP contribution in [0.4, 0.5) is 4.79 Å². The van der Waals surface area contributed by atoms with Crippen LogP contribution >= 0.6 is 0 Å². The molecule has 2 amide bonds. The number of nitrogens with zero attached hydrogens (tertiary/aromatic N) is 1. The highest BCUT2D eigenvalue weighted by Gasteiger charge is 2.45. The number of rotatable bonds is 11. The van der Waals surface area contributed by atoms with Crippen molar-refractivity contribution in [3.8, 4) is 0 Å². The highest BCUT2D eigenvalue weighted by atomic mass is 16.6. The molecule has 0 aliphatic carbocycles. The quantitative estimate of drug-likeness (QED) is 0.457. The molecular formula is C30H33NO6. The van der Waals surface area contributed by atoms with Crippen LogP contribution in [0.15, 0.2) is 84.7 Å². The van der Waals surface area contributed by atoms with Crippen LogP contribution in [0.5, 0.6) is 0 Å². The lowest BCUT2D eigenvalue weighted by Crippen LogP contribution is -2.49. The van der Waals surface area contributed by atoms with Crippen LogP contribution in [0.2, 0.25) is 0 Å². The van der Waals surface area contributed by atoms with Crippen LogP contribution in [-0.2, 0) is 31.9 Å². The fourth-order valence-electron chi connectivity index (χ4n) is 4.71. The molecule has 2 aliphatic rings. The average Bonchev–Trinajstić information content (AvgIpc) is 3.28. The van der Waals surface area contributed by atoms with Crippen LogP contribution in [0.25, 0.3) is 0 Å². The number of ketones is 1. The summed E-state index contributed by atoms with van der Waals surface area (Å²) in [7, 11) is 0. The lowest BCUT2D eigenvalue weighted by molar-refractivity contribution is -0.143. The number of ether oxygens (including phenoxy) is 2. The summed E-state index contributed by atoms with van der Waals surface area (Å²) < 4.78 is 11.4. The van der Waals surface area contributed by atoms with Gasteiger partial charge in [0.2, 0.25) is 5.91 Å². The minimum Gasteiger partial charge on any atom is -0.482 e. The number of aliphatic hydroxyl groups excluding tert-OH is 1. The molecule has 0 bridgehead atoms. The molecule has 1 fully saturated rings. The van der Waals surface area contributed by atoms with Gasteiger partial charge in [0.15, 0.2) is 11.9 Å². The summed E-state index contributed by atoms with van der Waals surface area (Å²) in [6, 6.07) is 18.6. The van der Waals surface area contributed by atoms with E-state index in [1.54, 1.807) is 6.08 Å². The largest absolute Gasteiger partial charge is 0.482 e. The van der Waals surface area contributed by atoms with E-state index in [0.717, 1.165) is 36.8 Å². The zero-order valence-corrected chi connectivity index (χ0v) is 20.8. The second kappa shape index (κ2) is 13.0. The van der Waals surface area contributed by atoms with E-state index in [2.05, 4.69) is 0 Å². The fraction of sp³-hybridized carbons (Fsp3) is 0.367. The number of carbonyl (C=O) groups is 3. The molecule has 2 heterocycles. The summed E-state index contributed by atoms with van der Waals surface area (Å²) >= 11 is 0. The Balaban J connectivity index is 1.57. The van der Waals surface area contributed by atoms with Crippen molar-refractivity contribution in [2.45, 2.75) is 50.7 Å². The summed E-state index contributed by atoms with van der Waals surface area (Å²) in [4.78, 5) is 40.9. The van der Waals surface area contributed by atoms with Gasteiger partial charge in [-0.05, 0) is 61.5 Å². The average molecular weight is 504 g/mol. The van der Waals surface area contributed by atoms with Crippen molar-refractivity contribution in [2.75, 3.05) is 13.2 Å². The highest BCUT2D eigenvalue weighted by molar-refractivity contribution is 6.02. The van der Waals surface area contributed by atoms with E-state index in [0.29, 0.717) is 12.2 Å². The number of benzene rings is 2. The number of imide groups is 1. The molecule has 194 valence electrons. The Morgan fingerprint density at radius 1 is 0.973 bits per heavy atom. The molecule has 1 saturated heterocycles. The van der Waals surface area contributed by atoms with Gasteiger partial charge in [0.1, 0.15) is 12.4 Å². The van der Waals surface area contributed by atoms with Crippen molar-refractivity contribution in [3.63, 3.8) is 0 Å². The summed E-state index contributed by atoms with van der Waals surface area (Å²) in [5.41, 5.74) is 1.86. The van der Waals surface area contributed by atoms with Gasteiger partial charge in [-0.2, -0.15) is 0 Å². The molecule has 0 saturated carbocycles. The third kappa shape index (κ3) is 6.95. The Labute approximate surface area is 217 Å². The van der Waals surface area contributed by atoms with E-state index >= 15 is 0 Å². The molecule has 7 heteroatoms. The summed E-state index contributed by atoms with van der Waals surface area (Å²) in [5, 5.41) is 8.96. The minimum atomic E-state index is -1.05. The molecule has 2 aromatic carbocycles. The van der Waals surface area contributed by atoms with Gasteiger partial charge in [0.25, 0.3) is 0 Å². The third-order valence-electron chi connectivity index (χ3n) is 6.66. The molecular weight excluding hydrogens is 470 g/mol. The van der Waals surface area contributed by atoms with Crippen LogP contribution in [-0.4, -0.2) is 53.1 Å².